The van der Waals surface area contributed by atoms with Crippen molar-refractivity contribution in [3.63, 3.8) is 0 Å². The van der Waals surface area contributed by atoms with E-state index in [0.29, 0.717) is 6.42 Å². The summed E-state index contributed by atoms with van der Waals surface area (Å²) in [6.07, 6.45) is 6.66. The Balaban J connectivity index is 1.79. The molecule has 1 aromatic carbocycles. The Morgan fingerprint density at radius 1 is 1.32 bits per heavy atom. The Labute approximate surface area is 168 Å². The van der Waals surface area contributed by atoms with Gasteiger partial charge in [-0.25, -0.2) is 4.79 Å². The number of fused-ring (bicyclic) bond motifs is 1. The molecule has 0 saturated carbocycles. The van der Waals surface area contributed by atoms with E-state index in [1.807, 2.05) is 30.3 Å². The van der Waals surface area contributed by atoms with E-state index in [-0.39, 0.29) is 35.6 Å². The zero-order valence-corrected chi connectivity index (χ0v) is 17.3. The van der Waals surface area contributed by atoms with Gasteiger partial charge in [-0.2, -0.15) is 0 Å². The minimum absolute atomic E-state index is 0.159. The van der Waals surface area contributed by atoms with Crippen molar-refractivity contribution < 1.29 is 19.4 Å². The van der Waals surface area contributed by atoms with Crippen molar-refractivity contribution in [1.29, 1.82) is 0 Å². The Bertz CT molecular complexity index is 736. The molecule has 152 valence electrons. The second-order valence-corrected chi connectivity index (χ2v) is 8.68. The number of esters is 1. The van der Waals surface area contributed by atoms with Crippen LogP contribution in [-0.2, 0) is 14.3 Å². The number of rotatable bonds is 4. The molecular formula is C24H32O4. The summed E-state index contributed by atoms with van der Waals surface area (Å²) < 4.78 is 11.8. The highest BCUT2D eigenvalue weighted by molar-refractivity contribution is 5.87. The first-order chi connectivity index (χ1) is 13.3. The van der Waals surface area contributed by atoms with E-state index >= 15 is 0 Å². The standard InChI is InChI=1S/C24H32O4/c1-16(2)21-19(27-20(25)13-12-18-10-6-5-7-11-18)15-17(3)9-8-14-24(4)23(28-24)22(21)26/h5-7,9-13,16,19,21-23,26H,8,14-15H2,1-4H3/b13-12+,17-9+/t19-,21-,22-,23-,24+/m1/s1. The van der Waals surface area contributed by atoms with Crippen LogP contribution >= 0.6 is 0 Å². The van der Waals surface area contributed by atoms with Crippen LogP contribution in [0.5, 0.6) is 0 Å². The molecule has 1 fully saturated rings. The van der Waals surface area contributed by atoms with Gasteiger partial charge in [-0.05, 0) is 44.2 Å². The number of aliphatic hydroxyl groups excluding tert-OH is 1. The molecule has 0 bridgehead atoms. The number of benzene rings is 1. The minimum atomic E-state index is -0.646. The molecule has 1 heterocycles. The van der Waals surface area contributed by atoms with Gasteiger partial charge in [-0.15, -0.1) is 0 Å². The van der Waals surface area contributed by atoms with Crippen molar-refractivity contribution in [1.82, 2.24) is 0 Å². The lowest BCUT2D eigenvalue weighted by Gasteiger charge is -2.34. The second-order valence-electron chi connectivity index (χ2n) is 8.68. The van der Waals surface area contributed by atoms with Crippen LogP contribution in [-0.4, -0.2) is 35.0 Å². The van der Waals surface area contributed by atoms with E-state index in [9.17, 15) is 9.90 Å². The van der Waals surface area contributed by atoms with Crippen molar-refractivity contribution >= 4 is 12.0 Å². The van der Waals surface area contributed by atoms with Gasteiger partial charge in [0.15, 0.2) is 0 Å². The molecule has 1 aromatic rings. The van der Waals surface area contributed by atoms with Crippen molar-refractivity contribution in [2.75, 3.05) is 0 Å². The van der Waals surface area contributed by atoms with Gasteiger partial charge in [0.25, 0.3) is 0 Å². The summed E-state index contributed by atoms with van der Waals surface area (Å²) in [5.74, 6) is -0.398. The Kier molecular flexibility index (Phi) is 6.41. The number of hydrogen-bond donors (Lipinski definition) is 1. The van der Waals surface area contributed by atoms with E-state index in [0.717, 1.165) is 18.4 Å². The van der Waals surface area contributed by atoms with Gasteiger partial charge in [-0.1, -0.05) is 55.8 Å². The third-order valence-corrected chi connectivity index (χ3v) is 5.98. The molecule has 0 spiro atoms. The number of carbonyl (C=O) groups excluding carboxylic acids is 1. The largest absolute Gasteiger partial charge is 0.458 e. The van der Waals surface area contributed by atoms with E-state index in [1.165, 1.54) is 11.6 Å². The molecule has 1 aliphatic heterocycles. The molecule has 5 atom stereocenters. The van der Waals surface area contributed by atoms with Crippen LogP contribution in [0.3, 0.4) is 0 Å². The lowest BCUT2D eigenvalue weighted by Crippen LogP contribution is -2.43. The predicted octanol–water partition coefficient (Wildman–Crippen LogP) is 4.53. The lowest BCUT2D eigenvalue weighted by molar-refractivity contribution is -0.150. The SMILES string of the molecule is C/C1=C\CC[C@]2(C)O[C@@H]2[C@H](O)[C@H](C(C)C)[C@H](OC(=O)/C=C/c2ccccc2)C1. The van der Waals surface area contributed by atoms with Crippen molar-refractivity contribution in [2.24, 2.45) is 11.8 Å². The second kappa shape index (κ2) is 8.62. The normalized spacial score (nSPS) is 35.1. The summed E-state index contributed by atoms with van der Waals surface area (Å²) >= 11 is 0. The molecule has 1 aliphatic carbocycles. The van der Waals surface area contributed by atoms with Crippen LogP contribution < -0.4 is 0 Å². The molecule has 4 nitrogen and oxygen atoms in total. The summed E-state index contributed by atoms with van der Waals surface area (Å²) in [4.78, 5) is 12.5. The number of allylic oxidation sites excluding steroid dienone is 1. The Morgan fingerprint density at radius 2 is 2.04 bits per heavy atom. The summed E-state index contributed by atoms with van der Waals surface area (Å²) in [6, 6.07) is 9.67. The molecule has 0 radical (unpaired) electrons. The summed E-state index contributed by atoms with van der Waals surface area (Å²) in [7, 11) is 0. The lowest BCUT2D eigenvalue weighted by atomic mass is 9.78. The van der Waals surface area contributed by atoms with Gasteiger partial charge in [0.2, 0.25) is 0 Å². The molecule has 0 unspecified atom stereocenters. The smallest absolute Gasteiger partial charge is 0.331 e. The third kappa shape index (κ3) is 4.92. The van der Waals surface area contributed by atoms with Crippen LogP contribution in [0.2, 0.25) is 0 Å². The van der Waals surface area contributed by atoms with Crippen LogP contribution in [0.25, 0.3) is 6.08 Å². The fourth-order valence-corrected chi connectivity index (χ4v) is 4.31. The summed E-state index contributed by atoms with van der Waals surface area (Å²) in [5.41, 5.74) is 1.86. The predicted molar refractivity (Wildman–Crippen MR) is 111 cm³/mol. The number of aliphatic hydroxyl groups is 1. The number of hydrogen-bond acceptors (Lipinski definition) is 4. The third-order valence-electron chi connectivity index (χ3n) is 5.98. The van der Waals surface area contributed by atoms with Crippen molar-refractivity contribution in [2.45, 2.75) is 70.9 Å². The van der Waals surface area contributed by atoms with E-state index in [1.54, 1.807) is 6.08 Å². The average Bonchev–Trinajstić information content (AvgIpc) is 3.31. The fraction of sp³-hybridized carbons (Fsp3) is 0.542. The van der Waals surface area contributed by atoms with E-state index < -0.39 is 6.10 Å². The highest BCUT2D eigenvalue weighted by atomic mass is 16.6. The summed E-state index contributed by atoms with van der Waals surface area (Å²) in [5, 5.41) is 11.1. The number of carbonyl (C=O) groups is 1. The van der Waals surface area contributed by atoms with Gasteiger partial charge in [0, 0.05) is 18.4 Å². The molecule has 4 heteroatoms. The molecule has 2 aliphatic rings. The highest BCUT2D eigenvalue weighted by Crippen LogP contribution is 2.47. The minimum Gasteiger partial charge on any atom is -0.458 e. The monoisotopic (exact) mass is 384 g/mol. The number of ether oxygens (including phenoxy) is 2. The van der Waals surface area contributed by atoms with Crippen LogP contribution in [0.15, 0.2) is 48.1 Å². The molecular weight excluding hydrogens is 352 g/mol. The van der Waals surface area contributed by atoms with E-state index in [4.69, 9.17) is 9.47 Å². The van der Waals surface area contributed by atoms with Crippen molar-refractivity contribution in [3.8, 4) is 0 Å². The first kappa shape index (κ1) is 20.8. The topological polar surface area (TPSA) is 59.1 Å². The zero-order valence-electron chi connectivity index (χ0n) is 17.3. The fourth-order valence-electron chi connectivity index (χ4n) is 4.31. The Morgan fingerprint density at radius 3 is 2.71 bits per heavy atom. The molecule has 1 N–H and O–H groups in total. The summed E-state index contributed by atoms with van der Waals surface area (Å²) in [6.45, 7) is 8.27. The van der Waals surface area contributed by atoms with Crippen molar-refractivity contribution in [3.05, 3.63) is 53.6 Å². The first-order valence-electron chi connectivity index (χ1n) is 10.3. The maximum absolute atomic E-state index is 12.5. The zero-order chi connectivity index (χ0) is 20.3. The Hall–Kier alpha value is -1.91. The van der Waals surface area contributed by atoms with Gasteiger partial charge in [0.1, 0.15) is 12.2 Å². The molecule has 0 aromatic heterocycles. The van der Waals surface area contributed by atoms with Crippen LogP contribution in [0.4, 0.5) is 0 Å². The molecule has 28 heavy (non-hydrogen) atoms. The molecule has 1 saturated heterocycles. The van der Waals surface area contributed by atoms with E-state index in [2.05, 4.69) is 33.8 Å². The van der Waals surface area contributed by atoms with Crippen LogP contribution in [0.1, 0.15) is 52.5 Å². The molecule has 3 rings (SSSR count). The number of epoxide rings is 1. The molecule has 0 amide bonds. The first-order valence-corrected chi connectivity index (χ1v) is 10.3. The van der Waals surface area contributed by atoms with Gasteiger partial charge >= 0.3 is 5.97 Å². The maximum atomic E-state index is 12.5. The maximum Gasteiger partial charge on any atom is 0.331 e. The highest BCUT2D eigenvalue weighted by Gasteiger charge is 2.58. The average molecular weight is 385 g/mol. The van der Waals surface area contributed by atoms with Gasteiger partial charge < -0.3 is 14.6 Å². The van der Waals surface area contributed by atoms with Gasteiger partial charge in [0.05, 0.1) is 11.7 Å². The quantitative estimate of drug-likeness (QED) is 0.359. The van der Waals surface area contributed by atoms with Gasteiger partial charge in [-0.3, -0.25) is 0 Å². The van der Waals surface area contributed by atoms with Crippen LogP contribution in [0, 0.1) is 11.8 Å².